The van der Waals surface area contributed by atoms with Crippen molar-refractivity contribution in [3.63, 3.8) is 0 Å². The van der Waals surface area contributed by atoms with Gasteiger partial charge in [0.2, 0.25) is 5.91 Å². The van der Waals surface area contributed by atoms with Crippen molar-refractivity contribution in [2.45, 2.75) is 57.5 Å². The number of hydrogen-bond donors (Lipinski definition) is 2. The highest BCUT2D eigenvalue weighted by Gasteiger charge is 2.33. The van der Waals surface area contributed by atoms with E-state index < -0.39 is 0 Å². The first-order valence-electron chi connectivity index (χ1n) is 12.6. The van der Waals surface area contributed by atoms with Gasteiger partial charge < -0.3 is 20.3 Å². The van der Waals surface area contributed by atoms with Crippen LogP contribution in [0.3, 0.4) is 0 Å². The van der Waals surface area contributed by atoms with Gasteiger partial charge in [0.15, 0.2) is 0 Å². The number of likely N-dealkylation sites (tertiary alicyclic amines) is 1. The summed E-state index contributed by atoms with van der Waals surface area (Å²) >= 11 is 0. The third-order valence-corrected chi connectivity index (χ3v) is 7.20. The number of nitrogens with zero attached hydrogens (tertiary/aromatic N) is 1. The number of piperidine rings is 1. The Morgan fingerprint density at radius 2 is 1.66 bits per heavy atom. The summed E-state index contributed by atoms with van der Waals surface area (Å²) < 4.78 is 5.24. The number of hydrogen-bond acceptors (Lipinski definition) is 4. The van der Waals surface area contributed by atoms with Gasteiger partial charge in [0.1, 0.15) is 5.75 Å². The fourth-order valence-corrected chi connectivity index (χ4v) is 5.17. The molecule has 1 aliphatic heterocycles. The molecule has 2 fully saturated rings. The number of carbonyl (C=O) groups excluding carboxylic acids is 3. The van der Waals surface area contributed by atoms with Gasteiger partial charge >= 0.3 is 0 Å². The van der Waals surface area contributed by atoms with E-state index in [1.165, 1.54) is 0 Å². The van der Waals surface area contributed by atoms with Crippen LogP contribution in [0.2, 0.25) is 0 Å². The van der Waals surface area contributed by atoms with E-state index in [9.17, 15) is 14.4 Å². The van der Waals surface area contributed by atoms with Crippen LogP contribution in [0.5, 0.6) is 5.75 Å². The number of amides is 3. The van der Waals surface area contributed by atoms with E-state index in [4.69, 9.17) is 4.74 Å². The molecule has 0 aromatic heterocycles. The van der Waals surface area contributed by atoms with Crippen LogP contribution in [0.4, 0.5) is 0 Å². The Kier molecular flexibility index (Phi) is 8.06. The van der Waals surface area contributed by atoms with Crippen molar-refractivity contribution >= 4 is 17.7 Å². The molecule has 1 saturated carbocycles. The van der Waals surface area contributed by atoms with Crippen molar-refractivity contribution < 1.29 is 19.1 Å². The van der Waals surface area contributed by atoms with E-state index in [-0.39, 0.29) is 35.7 Å². The van der Waals surface area contributed by atoms with Gasteiger partial charge in [0, 0.05) is 36.3 Å². The highest BCUT2D eigenvalue weighted by atomic mass is 16.5. The topological polar surface area (TPSA) is 87.7 Å². The Morgan fingerprint density at radius 1 is 0.914 bits per heavy atom. The minimum absolute atomic E-state index is 0.0322. The zero-order valence-electron chi connectivity index (χ0n) is 20.6. The quantitative estimate of drug-likeness (QED) is 0.664. The van der Waals surface area contributed by atoms with Gasteiger partial charge in [-0.3, -0.25) is 14.4 Å². The monoisotopic (exact) mass is 477 g/mol. The van der Waals surface area contributed by atoms with E-state index in [1.807, 2.05) is 37.3 Å². The van der Waals surface area contributed by atoms with Crippen molar-refractivity contribution in [2.24, 2.45) is 5.92 Å². The predicted molar refractivity (Wildman–Crippen MR) is 134 cm³/mol. The molecule has 0 spiro atoms. The van der Waals surface area contributed by atoms with Crippen molar-refractivity contribution in [2.75, 3.05) is 20.2 Å². The summed E-state index contributed by atoms with van der Waals surface area (Å²) in [6, 6.07) is 14.5. The molecule has 2 aliphatic rings. The first-order valence-corrected chi connectivity index (χ1v) is 12.6. The molecule has 0 unspecified atom stereocenters. The number of benzene rings is 2. The molecule has 35 heavy (non-hydrogen) atoms. The van der Waals surface area contributed by atoms with Gasteiger partial charge in [0.25, 0.3) is 11.8 Å². The summed E-state index contributed by atoms with van der Waals surface area (Å²) in [4.78, 5) is 41.0. The molecular weight excluding hydrogens is 442 g/mol. The van der Waals surface area contributed by atoms with Crippen molar-refractivity contribution in [1.82, 2.24) is 15.5 Å². The Hall–Kier alpha value is -3.35. The van der Waals surface area contributed by atoms with E-state index in [0.717, 1.165) is 44.1 Å². The Labute approximate surface area is 207 Å². The molecule has 7 nitrogen and oxygen atoms in total. The number of nitrogens with one attached hydrogen (secondary N) is 2. The number of carbonyl (C=O) groups is 3. The summed E-state index contributed by atoms with van der Waals surface area (Å²) in [5.41, 5.74) is 2.17. The normalized spacial score (nSPS) is 22.2. The van der Waals surface area contributed by atoms with Crippen LogP contribution in [0.1, 0.15) is 64.8 Å². The highest BCUT2D eigenvalue weighted by molar-refractivity contribution is 5.96. The van der Waals surface area contributed by atoms with Crippen LogP contribution in [-0.4, -0.2) is 54.9 Å². The third kappa shape index (κ3) is 6.02. The lowest BCUT2D eigenvalue weighted by molar-refractivity contribution is -0.127. The lowest BCUT2D eigenvalue weighted by Crippen LogP contribution is -2.55. The second-order valence-corrected chi connectivity index (χ2v) is 9.62. The average Bonchev–Trinajstić information content (AvgIpc) is 2.89. The summed E-state index contributed by atoms with van der Waals surface area (Å²) in [6.45, 7) is 2.96. The molecule has 2 N–H and O–H groups in total. The van der Waals surface area contributed by atoms with Gasteiger partial charge in [-0.1, -0.05) is 37.1 Å². The zero-order chi connectivity index (χ0) is 24.8. The molecule has 2 aromatic carbocycles. The van der Waals surface area contributed by atoms with Crippen molar-refractivity contribution in [3.8, 4) is 5.75 Å². The van der Waals surface area contributed by atoms with E-state index >= 15 is 0 Å². The van der Waals surface area contributed by atoms with Crippen LogP contribution in [0, 0.1) is 12.8 Å². The first-order chi connectivity index (χ1) is 17.0. The highest BCUT2D eigenvalue weighted by Crippen LogP contribution is 2.24. The second-order valence-electron chi connectivity index (χ2n) is 9.62. The van der Waals surface area contributed by atoms with Gasteiger partial charge in [-0.2, -0.15) is 0 Å². The van der Waals surface area contributed by atoms with Gasteiger partial charge in [-0.15, -0.1) is 0 Å². The maximum atomic E-state index is 13.2. The van der Waals surface area contributed by atoms with E-state index in [2.05, 4.69) is 10.6 Å². The van der Waals surface area contributed by atoms with Gasteiger partial charge in [0.05, 0.1) is 13.0 Å². The van der Waals surface area contributed by atoms with Crippen LogP contribution in [-0.2, 0) is 4.79 Å². The standard InChI is InChI=1S/C28H35N3O4/c1-19-9-3-4-13-23(19)27(33)30-25-15-6-5-14-24(25)29-26(32)21-11-8-16-31(18-21)28(34)20-10-7-12-22(17-20)35-2/h3-4,7,9-10,12-13,17,21,24-25H,5-6,8,11,14-16,18H2,1-2H3,(H,29,32)(H,30,33)/t21-,24-,25-/m1/s1. The molecule has 1 heterocycles. The van der Waals surface area contributed by atoms with Crippen LogP contribution in [0.25, 0.3) is 0 Å². The average molecular weight is 478 g/mol. The first kappa shape index (κ1) is 24.8. The number of aryl methyl sites for hydroxylation is 1. The molecule has 4 rings (SSSR count). The fraction of sp³-hybridized carbons (Fsp3) is 0.464. The molecule has 0 bridgehead atoms. The molecular formula is C28H35N3O4. The second kappa shape index (κ2) is 11.4. The van der Waals surface area contributed by atoms with E-state index in [1.54, 1.807) is 30.2 Å². The Balaban J connectivity index is 1.37. The lowest BCUT2D eigenvalue weighted by Gasteiger charge is -2.36. The molecule has 3 amide bonds. The van der Waals surface area contributed by atoms with Gasteiger partial charge in [-0.05, 0) is 62.4 Å². The maximum absolute atomic E-state index is 13.2. The van der Waals surface area contributed by atoms with Crippen molar-refractivity contribution in [1.29, 1.82) is 0 Å². The number of rotatable bonds is 6. The molecule has 3 atom stereocenters. The molecule has 2 aromatic rings. The number of methoxy groups -OCH3 is 1. The van der Waals surface area contributed by atoms with Crippen molar-refractivity contribution in [3.05, 3.63) is 65.2 Å². The largest absolute Gasteiger partial charge is 0.497 e. The summed E-state index contributed by atoms with van der Waals surface area (Å²) in [7, 11) is 1.58. The fourth-order valence-electron chi connectivity index (χ4n) is 5.17. The minimum atomic E-state index is -0.257. The number of ether oxygens (including phenoxy) is 1. The minimum Gasteiger partial charge on any atom is -0.497 e. The third-order valence-electron chi connectivity index (χ3n) is 7.20. The molecule has 186 valence electrons. The van der Waals surface area contributed by atoms with Crippen LogP contribution >= 0.6 is 0 Å². The molecule has 1 aliphatic carbocycles. The Bertz CT molecular complexity index is 1070. The summed E-state index contributed by atoms with van der Waals surface area (Å²) in [5.74, 6) is 0.172. The summed E-state index contributed by atoms with van der Waals surface area (Å²) in [6.07, 6.45) is 5.26. The van der Waals surface area contributed by atoms with Crippen LogP contribution < -0.4 is 15.4 Å². The smallest absolute Gasteiger partial charge is 0.254 e. The molecule has 0 radical (unpaired) electrons. The van der Waals surface area contributed by atoms with Crippen LogP contribution in [0.15, 0.2) is 48.5 Å². The molecule has 7 heteroatoms. The maximum Gasteiger partial charge on any atom is 0.254 e. The summed E-state index contributed by atoms with van der Waals surface area (Å²) in [5, 5.41) is 6.38. The zero-order valence-corrected chi connectivity index (χ0v) is 20.6. The Morgan fingerprint density at radius 3 is 2.40 bits per heavy atom. The SMILES string of the molecule is COc1cccc(C(=O)N2CCC[C@@H](C(=O)N[C@@H]3CCCC[C@H]3NC(=O)c3ccccc3C)C2)c1. The predicted octanol–water partition coefficient (Wildman–Crippen LogP) is 3.71. The molecule has 1 saturated heterocycles. The lowest BCUT2D eigenvalue weighted by atomic mass is 9.88. The van der Waals surface area contributed by atoms with E-state index in [0.29, 0.717) is 30.0 Å². The van der Waals surface area contributed by atoms with Gasteiger partial charge in [-0.25, -0.2) is 0 Å².